The molecular weight excluding hydrogens is 276 g/mol. The molecule has 0 bridgehead atoms. The number of rotatable bonds is 7. The number of carbonyl (C=O) groups is 1. The van der Waals surface area contributed by atoms with Crippen molar-refractivity contribution in [3.8, 4) is 0 Å². The van der Waals surface area contributed by atoms with Gasteiger partial charge in [0.05, 0.1) is 6.54 Å². The predicted octanol–water partition coefficient (Wildman–Crippen LogP) is 2.19. The fourth-order valence-electron chi connectivity index (χ4n) is 3.02. The normalized spacial score (nSPS) is 19.3. The first kappa shape index (κ1) is 15.5. The Hall–Kier alpha value is -1.39. The van der Waals surface area contributed by atoms with Gasteiger partial charge in [0.1, 0.15) is 0 Å². The van der Waals surface area contributed by atoms with Crippen molar-refractivity contribution in [3.05, 3.63) is 35.9 Å². The highest BCUT2D eigenvalue weighted by Crippen LogP contribution is 2.20. The molecule has 2 aliphatic rings. The van der Waals surface area contributed by atoms with E-state index in [4.69, 9.17) is 4.74 Å². The van der Waals surface area contributed by atoms with Crippen LogP contribution in [0, 0.1) is 5.92 Å². The molecule has 0 atom stereocenters. The fourth-order valence-corrected chi connectivity index (χ4v) is 3.02. The second-order valence-electron chi connectivity index (χ2n) is 6.55. The zero-order chi connectivity index (χ0) is 15.2. The summed E-state index contributed by atoms with van der Waals surface area (Å²) in [5.41, 5.74) is 1.27. The van der Waals surface area contributed by atoms with Gasteiger partial charge in [-0.25, -0.2) is 0 Å². The first-order chi connectivity index (χ1) is 10.8. The van der Waals surface area contributed by atoms with Crippen molar-refractivity contribution in [1.82, 2.24) is 10.2 Å². The van der Waals surface area contributed by atoms with Crippen LogP contribution < -0.4 is 5.32 Å². The fraction of sp³-hybridized carbons (Fsp3) is 0.611. The summed E-state index contributed by atoms with van der Waals surface area (Å²) < 4.78 is 5.44. The summed E-state index contributed by atoms with van der Waals surface area (Å²) in [5.74, 6) is 0.816. The second kappa shape index (κ2) is 7.75. The van der Waals surface area contributed by atoms with Crippen LogP contribution in [-0.4, -0.2) is 43.2 Å². The molecule has 1 amide bonds. The lowest BCUT2D eigenvalue weighted by Gasteiger charge is -2.29. The topological polar surface area (TPSA) is 41.6 Å². The molecule has 3 rings (SSSR count). The van der Waals surface area contributed by atoms with Gasteiger partial charge in [0.2, 0.25) is 5.91 Å². The highest BCUT2D eigenvalue weighted by atomic mass is 16.5. The van der Waals surface area contributed by atoms with Gasteiger partial charge in [-0.3, -0.25) is 9.69 Å². The molecule has 1 heterocycles. The summed E-state index contributed by atoms with van der Waals surface area (Å²) in [4.78, 5) is 14.5. The molecule has 1 saturated carbocycles. The monoisotopic (exact) mass is 302 g/mol. The van der Waals surface area contributed by atoms with Crippen molar-refractivity contribution >= 4 is 5.91 Å². The van der Waals surface area contributed by atoms with Crippen LogP contribution in [0.1, 0.15) is 31.2 Å². The van der Waals surface area contributed by atoms with Crippen molar-refractivity contribution in [3.63, 3.8) is 0 Å². The number of benzene rings is 1. The molecular formula is C18H26N2O2. The number of carbonyl (C=O) groups excluding carboxylic acids is 1. The van der Waals surface area contributed by atoms with Crippen LogP contribution in [0.25, 0.3) is 0 Å². The van der Waals surface area contributed by atoms with Crippen LogP contribution in [0.15, 0.2) is 30.3 Å². The number of amides is 1. The minimum atomic E-state index is 0.172. The van der Waals surface area contributed by atoms with E-state index in [1.165, 1.54) is 5.56 Å². The van der Waals surface area contributed by atoms with Crippen molar-refractivity contribution < 1.29 is 9.53 Å². The average molecular weight is 302 g/mol. The first-order valence-electron chi connectivity index (χ1n) is 8.43. The Bertz CT molecular complexity index is 467. The third-order valence-corrected chi connectivity index (χ3v) is 4.42. The predicted molar refractivity (Wildman–Crippen MR) is 86.4 cm³/mol. The molecule has 1 aromatic carbocycles. The van der Waals surface area contributed by atoms with Gasteiger partial charge in [-0.05, 0) is 37.2 Å². The van der Waals surface area contributed by atoms with Gasteiger partial charge in [0.25, 0.3) is 0 Å². The third-order valence-electron chi connectivity index (χ3n) is 4.42. The van der Waals surface area contributed by atoms with Gasteiger partial charge >= 0.3 is 0 Å². The Kier molecular flexibility index (Phi) is 5.46. The van der Waals surface area contributed by atoms with E-state index < -0.39 is 0 Å². The van der Waals surface area contributed by atoms with Crippen LogP contribution in [0.5, 0.6) is 0 Å². The lowest BCUT2D eigenvalue weighted by Crippen LogP contribution is -2.40. The summed E-state index contributed by atoms with van der Waals surface area (Å²) in [6, 6.07) is 10.9. The Morgan fingerprint density at radius 1 is 1.14 bits per heavy atom. The Labute approximate surface area is 132 Å². The highest BCUT2D eigenvalue weighted by Gasteiger charge is 2.25. The van der Waals surface area contributed by atoms with Crippen LogP contribution in [-0.2, 0) is 16.1 Å². The third kappa shape index (κ3) is 5.11. The molecule has 22 heavy (non-hydrogen) atoms. The molecule has 0 spiro atoms. The van der Waals surface area contributed by atoms with Gasteiger partial charge in [0.15, 0.2) is 0 Å². The first-order valence-corrected chi connectivity index (χ1v) is 8.43. The minimum absolute atomic E-state index is 0.172. The van der Waals surface area contributed by atoms with Crippen molar-refractivity contribution in [1.29, 1.82) is 0 Å². The Morgan fingerprint density at radius 3 is 2.55 bits per heavy atom. The molecule has 1 saturated heterocycles. The van der Waals surface area contributed by atoms with Crippen molar-refractivity contribution in [2.45, 2.75) is 38.3 Å². The van der Waals surface area contributed by atoms with E-state index in [1.807, 2.05) is 6.07 Å². The molecule has 4 heteroatoms. The van der Waals surface area contributed by atoms with Crippen LogP contribution in [0.3, 0.4) is 0 Å². The maximum atomic E-state index is 12.2. The Morgan fingerprint density at radius 2 is 1.86 bits per heavy atom. The summed E-state index contributed by atoms with van der Waals surface area (Å²) in [6.45, 7) is 4.05. The van der Waals surface area contributed by atoms with Gasteiger partial charge in [-0.2, -0.15) is 0 Å². The van der Waals surface area contributed by atoms with E-state index in [0.717, 1.165) is 52.0 Å². The number of hydrogen-bond acceptors (Lipinski definition) is 3. The second-order valence-corrected chi connectivity index (χ2v) is 6.55. The van der Waals surface area contributed by atoms with E-state index in [-0.39, 0.29) is 5.91 Å². The zero-order valence-electron chi connectivity index (χ0n) is 13.2. The number of hydrogen-bond donors (Lipinski definition) is 1. The molecule has 2 fully saturated rings. The van der Waals surface area contributed by atoms with E-state index in [0.29, 0.717) is 18.5 Å². The maximum Gasteiger partial charge on any atom is 0.234 e. The molecule has 1 aliphatic carbocycles. The molecule has 1 aromatic rings. The van der Waals surface area contributed by atoms with E-state index in [1.54, 1.807) is 0 Å². The molecule has 0 unspecified atom stereocenters. The van der Waals surface area contributed by atoms with Crippen LogP contribution in [0.4, 0.5) is 0 Å². The van der Waals surface area contributed by atoms with Gasteiger partial charge < -0.3 is 10.1 Å². The smallest absolute Gasteiger partial charge is 0.234 e. The SMILES string of the molecule is O=C(CN(Cc1ccccc1)CC1CCOCC1)NC1CC1. The average Bonchev–Trinajstić information content (AvgIpc) is 3.33. The maximum absolute atomic E-state index is 12.2. The van der Waals surface area contributed by atoms with Gasteiger partial charge in [-0.15, -0.1) is 0 Å². The lowest BCUT2D eigenvalue weighted by atomic mass is 9.99. The quantitative estimate of drug-likeness (QED) is 0.839. The number of ether oxygens (including phenoxy) is 1. The zero-order valence-corrected chi connectivity index (χ0v) is 13.2. The largest absolute Gasteiger partial charge is 0.381 e. The molecule has 120 valence electrons. The Balaban J connectivity index is 1.56. The highest BCUT2D eigenvalue weighted by molar-refractivity contribution is 5.78. The summed E-state index contributed by atoms with van der Waals surface area (Å²) in [7, 11) is 0. The summed E-state index contributed by atoms with van der Waals surface area (Å²) in [6.07, 6.45) is 4.50. The molecule has 0 radical (unpaired) electrons. The number of nitrogens with one attached hydrogen (secondary N) is 1. The summed E-state index contributed by atoms with van der Waals surface area (Å²) >= 11 is 0. The van der Waals surface area contributed by atoms with Gasteiger partial charge in [-0.1, -0.05) is 30.3 Å². The van der Waals surface area contributed by atoms with Crippen LogP contribution in [0.2, 0.25) is 0 Å². The van der Waals surface area contributed by atoms with E-state index in [2.05, 4.69) is 34.5 Å². The van der Waals surface area contributed by atoms with Crippen molar-refractivity contribution in [2.75, 3.05) is 26.3 Å². The molecule has 1 N–H and O–H groups in total. The van der Waals surface area contributed by atoms with E-state index in [9.17, 15) is 4.79 Å². The number of nitrogens with zero attached hydrogens (tertiary/aromatic N) is 1. The molecule has 1 aliphatic heterocycles. The minimum Gasteiger partial charge on any atom is -0.381 e. The lowest BCUT2D eigenvalue weighted by molar-refractivity contribution is -0.122. The summed E-state index contributed by atoms with van der Waals surface area (Å²) in [5, 5.41) is 3.10. The van der Waals surface area contributed by atoms with Crippen LogP contribution >= 0.6 is 0 Å². The van der Waals surface area contributed by atoms with Crippen molar-refractivity contribution in [2.24, 2.45) is 5.92 Å². The molecule has 0 aromatic heterocycles. The molecule has 4 nitrogen and oxygen atoms in total. The van der Waals surface area contributed by atoms with E-state index >= 15 is 0 Å². The van der Waals surface area contributed by atoms with Gasteiger partial charge in [0, 0.05) is 32.3 Å². The standard InChI is InChI=1S/C18H26N2O2/c21-18(19-17-6-7-17)14-20(12-15-4-2-1-3-5-15)13-16-8-10-22-11-9-16/h1-5,16-17H,6-14H2,(H,19,21).